The summed E-state index contributed by atoms with van der Waals surface area (Å²) in [6.45, 7) is 5.22. The summed E-state index contributed by atoms with van der Waals surface area (Å²) in [7, 11) is 0. The van der Waals surface area contributed by atoms with Crippen LogP contribution in [0, 0.1) is 0 Å². The zero-order chi connectivity index (χ0) is 18.1. The zero-order valence-electron chi connectivity index (χ0n) is 13.2. The number of nitrogens with one attached hydrogen (secondary N) is 1. The second kappa shape index (κ2) is 6.54. The Kier molecular flexibility index (Phi) is 5.03. The van der Waals surface area contributed by atoms with Crippen molar-refractivity contribution >= 4 is 21.8 Å². The number of hydrogen-bond donors (Lipinski definition) is 1. The number of aromatic nitrogens is 2. The van der Waals surface area contributed by atoms with Crippen LogP contribution in [-0.4, -0.2) is 16.0 Å². The Morgan fingerprint density at radius 2 is 1.96 bits per heavy atom. The Labute approximate surface area is 144 Å². The van der Waals surface area contributed by atoms with E-state index in [0.29, 0.717) is 10.3 Å². The summed E-state index contributed by atoms with van der Waals surface area (Å²) < 4.78 is 44.3. The highest BCUT2D eigenvalue weighted by Crippen LogP contribution is 2.33. The first-order chi connectivity index (χ1) is 11.0. The van der Waals surface area contributed by atoms with Crippen LogP contribution in [0.15, 0.2) is 27.2 Å². The first kappa shape index (κ1) is 18.4. The van der Waals surface area contributed by atoms with E-state index in [9.17, 15) is 18.0 Å². The second-order valence-corrected chi connectivity index (χ2v) is 7.07. The van der Waals surface area contributed by atoms with Crippen LogP contribution >= 0.6 is 15.9 Å². The molecule has 0 aliphatic rings. The van der Waals surface area contributed by atoms with E-state index in [0.717, 1.165) is 6.07 Å². The molecule has 2 rings (SSSR count). The van der Waals surface area contributed by atoms with Crippen LogP contribution in [0.3, 0.4) is 0 Å². The van der Waals surface area contributed by atoms with Gasteiger partial charge in [-0.1, -0.05) is 47.9 Å². The number of halogens is 4. The minimum atomic E-state index is -4.52. The van der Waals surface area contributed by atoms with Crippen molar-refractivity contribution < 1.29 is 22.5 Å². The normalized spacial score (nSPS) is 12.3. The minimum absolute atomic E-state index is 0.0605. The molecule has 0 atom stereocenters. The third-order valence-corrected chi connectivity index (χ3v) is 3.60. The third-order valence-electron chi connectivity index (χ3n) is 3.11. The van der Waals surface area contributed by atoms with Gasteiger partial charge in [-0.05, 0) is 17.7 Å². The Hall–Kier alpha value is -1.90. The quantitative estimate of drug-likeness (QED) is 0.835. The fraction of sp³-hybridized carbons (Fsp3) is 0.400. The Balaban J connectivity index is 2.14. The molecule has 0 bridgehead atoms. The van der Waals surface area contributed by atoms with E-state index in [2.05, 4.69) is 31.4 Å². The number of alkyl halides is 3. The van der Waals surface area contributed by atoms with Gasteiger partial charge in [-0.3, -0.25) is 4.79 Å². The summed E-state index contributed by atoms with van der Waals surface area (Å²) in [5.74, 6) is -0.674. The number of hydrogen-bond acceptors (Lipinski definition) is 4. The molecule has 0 fully saturated rings. The van der Waals surface area contributed by atoms with Gasteiger partial charge in [0.05, 0.1) is 5.56 Å². The lowest BCUT2D eigenvalue weighted by atomic mass is 9.96. The van der Waals surface area contributed by atoms with E-state index in [4.69, 9.17) is 4.52 Å². The van der Waals surface area contributed by atoms with Crippen molar-refractivity contribution in [2.24, 2.45) is 0 Å². The van der Waals surface area contributed by atoms with Crippen LogP contribution in [0.25, 0.3) is 0 Å². The molecule has 0 spiro atoms. The third kappa shape index (κ3) is 4.34. The van der Waals surface area contributed by atoms with Crippen molar-refractivity contribution in [3.05, 3.63) is 45.5 Å². The molecule has 1 heterocycles. The molecule has 1 aromatic carbocycles. The summed E-state index contributed by atoms with van der Waals surface area (Å²) >= 11 is 3.01. The van der Waals surface area contributed by atoms with Gasteiger partial charge < -0.3 is 9.84 Å². The van der Waals surface area contributed by atoms with Gasteiger partial charge in [0, 0.05) is 16.4 Å². The van der Waals surface area contributed by atoms with Gasteiger partial charge in [0.2, 0.25) is 0 Å². The number of rotatable bonds is 3. The van der Waals surface area contributed by atoms with Gasteiger partial charge in [0.1, 0.15) is 0 Å². The highest BCUT2D eigenvalue weighted by atomic mass is 79.9. The molecular weight excluding hydrogens is 391 g/mol. The molecule has 5 nitrogen and oxygen atoms in total. The van der Waals surface area contributed by atoms with Crippen molar-refractivity contribution in [3.8, 4) is 0 Å². The lowest BCUT2D eigenvalue weighted by Gasteiger charge is -2.13. The van der Waals surface area contributed by atoms with Crippen molar-refractivity contribution in [1.29, 1.82) is 0 Å². The Morgan fingerprint density at radius 3 is 2.50 bits per heavy atom. The molecule has 1 aromatic heterocycles. The fourth-order valence-corrected chi connectivity index (χ4v) is 2.20. The molecule has 130 valence electrons. The molecule has 1 N–H and O–H groups in total. The SMILES string of the molecule is CC(C)(C)c1noc(C(=O)NCc2ccc(Br)cc2C(F)(F)F)n1. The predicted molar refractivity (Wildman–Crippen MR) is 83.3 cm³/mol. The monoisotopic (exact) mass is 405 g/mol. The van der Waals surface area contributed by atoms with Gasteiger partial charge in [-0.15, -0.1) is 0 Å². The first-order valence-corrected chi connectivity index (χ1v) is 7.76. The Bertz CT molecular complexity index is 751. The van der Waals surface area contributed by atoms with Crippen LogP contribution in [0.1, 0.15) is 48.4 Å². The lowest BCUT2D eigenvalue weighted by Crippen LogP contribution is -2.25. The van der Waals surface area contributed by atoms with E-state index < -0.39 is 23.1 Å². The first-order valence-electron chi connectivity index (χ1n) is 6.96. The summed E-state index contributed by atoms with van der Waals surface area (Å²) in [6.07, 6.45) is -4.52. The summed E-state index contributed by atoms with van der Waals surface area (Å²) in [4.78, 5) is 15.9. The summed E-state index contributed by atoms with van der Waals surface area (Å²) in [6, 6.07) is 3.73. The second-order valence-electron chi connectivity index (χ2n) is 6.16. The molecule has 2 aromatic rings. The van der Waals surface area contributed by atoms with E-state index >= 15 is 0 Å². The van der Waals surface area contributed by atoms with E-state index in [1.165, 1.54) is 12.1 Å². The fourth-order valence-electron chi connectivity index (χ4n) is 1.84. The number of benzene rings is 1. The van der Waals surface area contributed by atoms with Crippen LogP contribution in [-0.2, 0) is 18.1 Å². The average Bonchev–Trinajstić information content (AvgIpc) is 2.94. The van der Waals surface area contributed by atoms with Gasteiger partial charge >= 0.3 is 18.0 Å². The van der Waals surface area contributed by atoms with E-state index in [1.807, 2.05) is 20.8 Å². The van der Waals surface area contributed by atoms with Crippen LogP contribution in [0.2, 0.25) is 0 Å². The number of carbonyl (C=O) groups is 1. The molecule has 0 unspecified atom stereocenters. The summed E-state index contributed by atoms with van der Waals surface area (Å²) in [5.41, 5.74) is -1.29. The molecular formula is C15H15BrF3N3O2. The molecule has 24 heavy (non-hydrogen) atoms. The Morgan fingerprint density at radius 1 is 1.29 bits per heavy atom. The molecule has 1 amide bonds. The van der Waals surface area contributed by atoms with Crippen LogP contribution < -0.4 is 5.32 Å². The smallest absolute Gasteiger partial charge is 0.344 e. The van der Waals surface area contributed by atoms with Gasteiger partial charge in [-0.2, -0.15) is 18.2 Å². The average molecular weight is 406 g/mol. The predicted octanol–water partition coefficient (Wildman–Crippen LogP) is 4.08. The van der Waals surface area contributed by atoms with Gasteiger partial charge in [0.25, 0.3) is 0 Å². The maximum atomic E-state index is 13.0. The number of nitrogens with zero attached hydrogens (tertiary/aromatic N) is 2. The molecule has 0 aliphatic heterocycles. The van der Waals surface area contributed by atoms with Gasteiger partial charge in [-0.25, -0.2) is 0 Å². The minimum Gasteiger partial charge on any atom is -0.344 e. The topological polar surface area (TPSA) is 68.0 Å². The van der Waals surface area contributed by atoms with Crippen LogP contribution in [0.4, 0.5) is 13.2 Å². The van der Waals surface area contributed by atoms with E-state index in [-0.39, 0.29) is 18.0 Å². The molecule has 0 saturated carbocycles. The largest absolute Gasteiger partial charge is 0.416 e. The lowest BCUT2D eigenvalue weighted by molar-refractivity contribution is -0.138. The highest BCUT2D eigenvalue weighted by molar-refractivity contribution is 9.10. The van der Waals surface area contributed by atoms with Gasteiger partial charge in [0.15, 0.2) is 5.82 Å². The summed E-state index contributed by atoms with van der Waals surface area (Å²) in [5, 5.41) is 6.06. The van der Waals surface area contributed by atoms with E-state index in [1.54, 1.807) is 0 Å². The molecule has 0 radical (unpaired) electrons. The zero-order valence-corrected chi connectivity index (χ0v) is 14.7. The van der Waals surface area contributed by atoms with Crippen LogP contribution in [0.5, 0.6) is 0 Å². The van der Waals surface area contributed by atoms with Crippen molar-refractivity contribution in [3.63, 3.8) is 0 Å². The number of carbonyl (C=O) groups excluding carboxylic acids is 1. The van der Waals surface area contributed by atoms with Crippen molar-refractivity contribution in [2.75, 3.05) is 0 Å². The molecule has 0 aliphatic carbocycles. The number of amides is 1. The highest BCUT2D eigenvalue weighted by Gasteiger charge is 2.33. The maximum absolute atomic E-state index is 13.0. The van der Waals surface area contributed by atoms with Crippen molar-refractivity contribution in [2.45, 2.75) is 38.9 Å². The standard InChI is InChI=1S/C15H15BrF3N3O2/c1-14(2,3)13-21-12(24-22-13)11(23)20-7-8-4-5-9(16)6-10(8)15(17,18)19/h4-6H,7H2,1-3H3,(H,20,23). The maximum Gasteiger partial charge on any atom is 0.416 e. The van der Waals surface area contributed by atoms with Crippen molar-refractivity contribution in [1.82, 2.24) is 15.5 Å². The molecule has 0 saturated heterocycles. The molecule has 9 heteroatoms.